The summed E-state index contributed by atoms with van der Waals surface area (Å²) in [6, 6.07) is 12.5. The van der Waals surface area contributed by atoms with Gasteiger partial charge >= 0.3 is 0 Å². The molecule has 106 valence electrons. The summed E-state index contributed by atoms with van der Waals surface area (Å²) in [5.41, 5.74) is 1.29. The minimum Gasteiger partial charge on any atom is -0.468 e. The Morgan fingerprint density at radius 2 is 1.85 bits per heavy atom. The predicted octanol–water partition coefficient (Wildman–Crippen LogP) is 3.84. The molecule has 2 heterocycles. The number of benzene rings is 1. The highest BCUT2D eigenvalue weighted by Gasteiger charge is 2.34. The number of nitrogens with one attached hydrogen (secondary N) is 1. The molecular weight excluding hydrogens is 318 g/mol. The lowest BCUT2D eigenvalue weighted by molar-refractivity contribution is 0.0350. The second-order valence-electron chi connectivity index (χ2n) is 5.13. The highest BCUT2D eigenvalue weighted by atomic mass is 79.9. The fourth-order valence-corrected chi connectivity index (χ4v) is 2.99. The largest absolute Gasteiger partial charge is 0.468 e. The van der Waals surface area contributed by atoms with Gasteiger partial charge in [0.2, 0.25) is 0 Å². The number of halogens is 1. The van der Waals surface area contributed by atoms with E-state index in [0.717, 1.165) is 42.8 Å². The first-order valence-corrected chi connectivity index (χ1v) is 7.69. The molecule has 1 aliphatic heterocycles. The quantitative estimate of drug-likeness (QED) is 0.921. The van der Waals surface area contributed by atoms with Crippen LogP contribution in [-0.2, 0) is 16.8 Å². The molecule has 20 heavy (non-hydrogen) atoms. The zero-order valence-corrected chi connectivity index (χ0v) is 12.9. The van der Waals surface area contributed by atoms with E-state index in [9.17, 15) is 0 Å². The summed E-state index contributed by atoms with van der Waals surface area (Å²) in [4.78, 5) is 0. The van der Waals surface area contributed by atoms with Crippen LogP contribution in [0.4, 0.5) is 0 Å². The number of ether oxygens (including phenoxy) is 1. The zero-order valence-electron chi connectivity index (χ0n) is 11.3. The van der Waals surface area contributed by atoms with Crippen molar-refractivity contribution in [1.82, 2.24) is 5.32 Å². The molecule has 1 saturated heterocycles. The summed E-state index contributed by atoms with van der Waals surface area (Å²) in [6.07, 6.45) is 3.68. The molecule has 0 atom stereocenters. The first-order chi connectivity index (χ1) is 9.78. The van der Waals surface area contributed by atoms with Gasteiger partial charge in [0.25, 0.3) is 0 Å². The van der Waals surface area contributed by atoms with Gasteiger partial charge in [-0.05, 0) is 42.7 Å². The molecule has 1 N–H and O–H groups in total. The second-order valence-corrected chi connectivity index (χ2v) is 6.05. The number of furan rings is 1. The highest BCUT2D eigenvalue weighted by molar-refractivity contribution is 9.10. The van der Waals surface area contributed by atoms with Gasteiger partial charge in [-0.3, -0.25) is 0 Å². The molecule has 2 aromatic rings. The predicted molar refractivity (Wildman–Crippen MR) is 81.4 cm³/mol. The van der Waals surface area contributed by atoms with Crippen molar-refractivity contribution in [1.29, 1.82) is 0 Å². The number of hydrogen-bond acceptors (Lipinski definition) is 3. The van der Waals surface area contributed by atoms with Crippen molar-refractivity contribution in [2.45, 2.75) is 24.9 Å². The topological polar surface area (TPSA) is 34.4 Å². The van der Waals surface area contributed by atoms with Crippen LogP contribution in [0.15, 0.2) is 51.6 Å². The minimum atomic E-state index is -0.0221. The van der Waals surface area contributed by atoms with Crippen molar-refractivity contribution in [3.05, 3.63) is 58.5 Å². The van der Waals surface area contributed by atoms with Crippen LogP contribution in [0, 0.1) is 0 Å². The second kappa shape index (κ2) is 6.12. The molecule has 1 aromatic carbocycles. The summed E-state index contributed by atoms with van der Waals surface area (Å²) < 4.78 is 12.1. The van der Waals surface area contributed by atoms with Gasteiger partial charge in [0.15, 0.2) is 0 Å². The van der Waals surface area contributed by atoms with Crippen molar-refractivity contribution in [2.24, 2.45) is 0 Å². The average Bonchev–Trinajstić information content (AvgIpc) is 3.00. The van der Waals surface area contributed by atoms with Gasteiger partial charge in [-0.25, -0.2) is 0 Å². The van der Waals surface area contributed by atoms with Gasteiger partial charge in [-0.15, -0.1) is 0 Å². The molecule has 0 aliphatic carbocycles. The van der Waals surface area contributed by atoms with E-state index < -0.39 is 0 Å². The molecule has 3 rings (SSSR count). The van der Waals surface area contributed by atoms with E-state index in [-0.39, 0.29) is 5.54 Å². The molecule has 0 radical (unpaired) electrons. The Labute approximate surface area is 127 Å². The Hall–Kier alpha value is -1.10. The molecule has 0 saturated carbocycles. The van der Waals surface area contributed by atoms with E-state index in [1.54, 1.807) is 6.26 Å². The van der Waals surface area contributed by atoms with Gasteiger partial charge in [0.05, 0.1) is 12.8 Å². The monoisotopic (exact) mass is 335 g/mol. The van der Waals surface area contributed by atoms with Gasteiger partial charge in [-0.2, -0.15) is 0 Å². The molecule has 3 nitrogen and oxygen atoms in total. The molecular formula is C16H18BrNO2. The van der Waals surface area contributed by atoms with E-state index in [4.69, 9.17) is 9.15 Å². The van der Waals surface area contributed by atoms with Crippen LogP contribution in [0.3, 0.4) is 0 Å². The summed E-state index contributed by atoms with van der Waals surface area (Å²) >= 11 is 3.50. The molecule has 0 bridgehead atoms. The van der Waals surface area contributed by atoms with Crippen LogP contribution >= 0.6 is 15.9 Å². The third-order valence-corrected chi connectivity index (χ3v) is 4.45. The molecule has 0 amide bonds. The molecule has 0 spiro atoms. The minimum absolute atomic E-state index is 0.0221. The molecule has 0 unspecified atom stereocenters. The van der Waals surface area contributed by atoms with Crippen molar-refractivity contribution < 1.29 is 9.15 Å². The molecule has 4 heteroatoms. The molecule has 1 aliphatic rings. The lowest BCUT2D eigenvalue weighted by atomic mass is 9.82. The van der Waals surface area contributed by atoms with Crippen molar-refractivity contribution in [2.75, 3.05) is 13.2 Å². The maximum Gasteiger partial charge on any atom is 0.117 e. The van der Waals surface area contributed by atoms with Crippen LogP contribution in [0.25, 0.3) is 0 Å². The SMILES string of the molecule is Brc1ccc(C2(NCc3ccco3)CCOCC2)cc1. The van der Waals surface area contributed by atoms with Gasteiger partial charge in [0.1, 0.15) is 5.76 Å². The van der Waals surface area contributed by atoms with E-state index in [2.05, 4.69) is 45.5 Å². The van der Waals surface area contributed by atoms with Crippen molar-refractivity contribution >= 4 is 15.9 Å². The van der Waals surface area contributed by atoms with E-state index in [1.165, 1.54) is 5.56 Å². The summed E-state index contributed by atoms with van der Waals surface area (Å²) in [5.74, 6) is 0.966. The first-order valence-electron chi connectivity index (χ1n) is 6.90. The standard InChI is InChI=1S/C16H18BrNO2/c17-14-5-3-13(4-6-14)16(7-10-19-11-8-16)18-12-15-2-1-9-20-15/h1-6,9,18H,7-8,10-12H2. The normalized spacial score (nSPS) is 18.1. The summed E-state index contributed by atoms with van der Waals surface area (Å²) in [6.45, 7) is 2.32. The van der Waals surface area contributed by atoms with Crippen molar-refractivity contribution in [3.63, 3.8) is 0 Å². The molecule has 1 fully saturated rings. The fourth-order valence-electron chi connectivity index (χ4n) is 2.73. The lowest BCUT2D eigenvalue weighted by Gasteiger charge is -2.38. The smallest absolute Gasteiger partial charge is 0.117 e. The Kier molecular flexibility index (Phi) is 4.24. The number of hydrogen-bond donors (Lipinski definition) is 1. The van der Waals surface area contributed by atoms with Gasteiger partial charge in [-0.1, -0.05) is 28.1 Å². The molecule has 1 aromatic heterocycles. The maximum absolute atomic E-state index is 5.53. The van der Waals surface area contributed by atoms with Gasteiger partial charge in [0, 0.05) is 23.2 Å². The maximum atomic E-state index is 5.53. The van der Waals surface area contributed by atoms with Crippen LogP contribution in [0.5, 0.6) is 0 Å². The van der Waals surface area contributed by atoms with Crippen LogP contribution in [0.2, 0.25) is 0 Å². The Morgan fingerprint density at radius 3 is 2.50 bits per heavy atom. The summed E-state index contributed by atoms with van der Waals surface area (Å²) in [5, 5.41) is 3.68. The Bertz CT molecular complexity index is 530. The van der Waals surface area contributed by atoms with E-state index >= 15 is 0 Å². The lowest BCUT2D eigenvalue weighted by Crippen LogP contribution is -2.46. The van der Waals surface area contributed by atoms with Crippen LogP contribution < -0.4 is 5.32 Å². The highest BCUT2D eigenvalue weighted by Crippen LogP contribution is 2.33. The fraction of sp³-hybridized carbons (Fsp3) is 0.375. The van der Waals surface area contributed by atoms with E-state index in [1.807, 2.05) is 12.1 Å². The van der Waals surface area contributed by atoms with E-state index in [0.29, 0.717) is 0 Å². The Balaban J connectivity index is 1.82. The average molecular weight is 336 g/mol. The first kappa shape index (κ1) is 13.9. The van der Waals surface area contributed by atoms with Crippen LogP contribution in [-0.4, -0.2) is 13.2 Å². The zero-order chi connectivity index (χ0) is 13.8. The Morgan fingerprint density at radius 1 is 1.10 bits per heavy atom. The third kappa shape index (κ3) is 2.97. The van der Waals surface area contributed by atoms with Crippen LogP contribution in [0.1, 0.15) is 24.2 Å². The van der Waals surface area contributed by atoms with Gasteiger partial charge < -0.3 is 14.5 Å². The summed E-state index contributed by atoms with van der Waals surface area (Å²) in [7, 11) is 0. The van der Waals surface area contributed by atoms with Crippen molar-refractivity contribution in [3.8, 4) is 0 Å². The number of rotatable bonds is 4. The third-order valence-electron chi connectivity index (χ3n) is 3.92.